The number of hydrogen-bond donors (Lipinski definition) is 0. The highest BCUT2D eigenvalue weighted by molar-refractivity contribution is 5.95. The van der Waals surface area contributed by atoms with Crippen molar-refractivity contribution in [2.24, 2.45) is 0 Å². The first kappa shape index (κ1) is 12.4. The highest BCUT2D eigenvalue weighted by Crippen LogP contribution is 2.05. The Kier molecular flexibility index (Phi) is 6.15. The van der Waals surface area contributed by atoms with Crippen LogP contribution < -0.4 is 0 Å². The van der Waals surface area contributed by atoms with Crippen LogP contribution in [0, 0.1) is 12.3 Å². The second kappa shape index (κ2) is 6.91. The summed E-state index contributed by atoms with van der Waals surface area (Å²) in [7, 11) is 0. The lowest BCUT2D eigenvalue weighted by molar-refractivity contribution is 0.0988. The third kappa shape index (κ3) is 3.45. The van der Waals surface area contributed by atoms with E-state index < -0.39 is 0 Å². The van der Waals surface area contributed by atoms with Crippen LogP contribution in [0.3, 0.4) is 0 Å². The van der Waals surface area contributed by atoms with Gasteiger partial charge in [-0.3, -0.25) is 4.79 Å². The van der Waals surface area contributed by atoms with E-state index >= 15 is 0 Å². The van der Waals surface area contributed by atoms with Gasteiger partial charge in [0, 0.05) is 17.5 Å². The molecule has 0 N–H and O–H groups in total. The van der Waals surface area contributed by atoms with Gasteiger partial charge in [0.15, 0.2) is 5.78 Å². The van der Waals surface area contributed by atoms with E-state index in [1.54, 1.807) is 24.3 Å². The van der Waals surface area contributed by atoms with Crippen LogP contribution in [-0.4, -0.2) is 5.78 Å². The van der Waals surface area contributed by atoms with Crippen LogP contribution in [0.1, 0.15) is 43.1 Å². The molecule has 0 aliphatic rings. The molecule has 0 unspecified atom stereocenters. The SMILES string of the molecule is C#Cc1ccc(C(=O)CC)cc1.CC. The van der Waals surface area contributed by atoms with Gasteiger partial charge >= 0.3 is 0 Å². The lowest BCUT2D eigenvalue weighted by Crippen LogP contribution is -1.95. The average molecular weight is 188 g/mol. The summed E-state index contributed by atoms with van der Waals surface area (Å²) in [4.78, 5) is 11.2. The maximum Gasteiger partial charge on any atom is 0.162 e. The van der Waals surface area contributed by atoms with Crippen LogP contribution in [0.25, 0.3) is 0 Å². The lowest BCUT2D eigenvalue weighted by atomic mass is 10.1. The largest absolute Gasteiger partial charge is 0.294 e. The smallest absolute Gasteiger partial charge is 0.162 e. The van der Waals surface area contributed by atoms with Crippen molar-refractivity contribution in [2.45, 2.75) is 27.2 Å². The molecular formula is C13H16O. The Balaban J connectivity index is 0.000000791. The summed E-state index contributed by atoms with van der Waals surface area (Å²) in [5.41, 5.74) is 1.54. The molecular weight excluding hydrogens is 172 g/mol. The van der Waals surface area contributed by atoms with Crippen molar-refractivity contribution in [1.82, 2.24) is 0 Å². The number of ketones is 1. The van der Waals surface area contributed by atoms with Gasteiger partial charge in [0.1, 0.15) is 0 Å². The van der Waals surface area contributed by atoms with Gasteiger partial charge < -0.3 is 0 Å². The molecule has 1 heteroatoms. The fourth-order valence-corrected chi connectivity index (χ4v) is 0.956. The number of hydrogen-bond acceptors (Lipinski definition) is 1. The Morgan fingerprint density at radius 1 is 1.29 bits per heavy atom. The predicted molar refractivity (Wildman–Crippen MR) is 60.3 cm³/mol. The first-order valence-electron chi connectivity index (χ1n) is 4.87. The van der Waals surface area contributed by atoms with Gasteiger partial charge in [-0.2, -0.15) is 0 Å². The average Bonchev–Trinajstić information content (AvgIpc) is 2.31. The van der Waals surface area contributed by atoms with Gasteiger partial charge in [0.25, 0.3) is 0 Å². The van der Waals surface area contributed by atoms with Crippen molar-refractivity contribution >= 4 is 5.78 Å². The van der Waals surface area contributed by atoms with Gasteiger partial charge in [0.05, 0.1) is 0 Å². The number of Topliss-reactive ketones (excluding diaryl/α,β-unsaturated/α-hetero) is 1. The van der Waals surface area contributed by atoms with Crippen LogP contribution in [0.5, 0.6) is 0 Å². The Labute approximate surface area is 86.2 Å². The Morgan fingerprint density at radius 2 is 1.79 bits per heavy atom. The molecule has 0 saturated carbocycles. The van der Waals surface area contributed by atoms with Crippen LogP contribution in [0.4, 0.5) is 0 Å². The summed E-state index contributed by atoms with van der Waals surface area (Å²) < 4.78 is 0. The topological polar surface area (TPSA) is 17.1 Å². The molecule has 0 aromatic heterocycles. The third-order valence-electron chi connectivity index (χ3n) is 1.69. The molecule has 0 fully saturated rings. The molecule has 1 nitrogen and oxygen atoms in total. The van der Waals surface area contributed by atoms with E-state index in [0.717, 1.165) is 11.1 Å². The van der Waals surface area contributed by atoms with Crippen molar-refractivity contribution in [1.29, 1.82) is 0 Å². The van der Waals surface area contributed by atoms with E-state index in [9.17, 15) is 4.79 Å². The molecule has 1 rings (SSSR count). The number of terminal acetylenes is 1. The number of carbonyl (C=O) groups is 1. The van der Waals surface area contributed by atoms with Crippen LogP contribution in [0.2, 0.25) is 0 Å². The van der Waals surface area contributed by atoms with E-state index in [0.29, 0.717) is 6.42 Å². The molecule has 0 atom stereocenters. The quantitative estimate of drug-likeness (QED) is 0.514. The van der Waals surface area contributed by atoms with Gasteiger partial charge in [0.2, 0.25) is 0 Å². The molecule has 0 amide bonds. The minimum Gasteiger partial charge on any atom is -0.294 e. The predicted octanol–water partition coefficient (Wildman–Crippen LogP) is 3.29. The highest BCUT2D eigenvalue weighted by atomic mass is 16.1. The summed E-state index contributed by atoms with van der Waals surface area (Å²) in [6.07, 6.45) is 5.71. The molecule has 0 radical (unpaired) electrons. The molecule has 0 heterocycles. The summed E-state index contributed by atoms with van der Waals surface area (Å²) in [6.45, 7) is 5.84. The second-order valence-corrected chi connectivity index (χ2v) is 2.50. The molecule has 0 spiro atoms. The molecule has 0 bridgehead atoms. The van der Waals surface area contributed by atoms with E-state index in [1.165, 1.54) is 0 Å². The summed E-state index contributed by atoms with van der Waals surface area (Å²) in [5.74, 6) is 2.65. The monoisotopic (exact) mass is 188 g/mol. The normalized spacial score (nSPS) is 8.14. The molecule has 74 valence electrons. The highest BCUT2D eigenvalue weighted by Gasteiger charge is 2.00. The fourth-order valence-electron chi connectivity index (χ4n) is 0.956. The van der Waals surface area contributed by atoms with Crippen molar-refractivity contribution in [3.63, 3.8) is 0 Å². The zero-order valence-corrected chi connectivity index (χ0v) is 9.00. The van der Waals surface area contributed by atoms with Crippen LogP contribution in [-0.2, 0) is 0 Å². The molecule has 14 heavy (non-hydrogen) atoms. The molecule has 1 aromatic carbocycles. The van der Waals surface area contributed by atoms with Gasteiger partial charge in [-0.15, -0.1) is 6.42 Å². The first-order chi connectivity index (χ1) is 6.77. The van der Waals surface area contributed by atoms with Gasteiger partial charge in [-0.25, -0.2) is 0 Å². The van der Waals surface area contributed by atoms with Crippen molar-refractivity contribution < 1.29 is 4.79 Å². The second-order valence-electron chi connectivity index (χ2n) is 2.50. The zero-order valence-electron chi connectivity index (χ0n) is 9.00. The van der Waals surface area contributed by atoms with E-state index in [2.05, 4.69) is 5.92 Å². The molecule has 0 saturated heterocycles. The summed E-state index contributed by atoms with van der Waals surface area (Å²) >= 11 is 0. The minimum absolute atomic E-state index is 0.151. The van der Waals surface area contributed by atoms with E-state index in [1.807, 2.05) is 20.8 Å². The van der Waals surface area contributed by atoms with Crippen molar-refractivity contribution in [2.75, 3.05) is 0 Å². The Morgan fingerprint density at radius 3 is 2.14 bits per heavy atom. The summed E-state index contributed by atoms with van der Waals surface area (Å²) in [6, 6.07) is 7.09. The zero-order chi connectivity index (χ0) is 11.0. The summed E-state index contributed by atoms with van der Waals surface area (Å²) in [5, 5.41) is 0. The van der Waals surface area contributed by atoms with E-state index in [-0.39, 0.29) is 5.78 Å². The van der Waals surface area contributed by atoms with Gasteiger partial charge in [-0.1, -0.05) is 38.8 Å². The fraction of sp³-hybridized carbons (Fsp3) is 0.308. The van der Waals surface area contributed by atoms with Gasteiger partial charge in [-0.05, 0) is 12.1 Å². The number of rotatable bonds is 2. The van der Waals surface area contributed by atoms with Crippen LogP contribution >= 0.6 is 0 Å². The first-order valence-corrected chi connectivity index (χ1v) is 4.87. The number of benzene rings is 1. The van der Waals surface area contributed by atoms with Crippen LogP contribution in [0.15, 0.2) is 24.3 Å². The van der Waals surface area contributed by atoms with Crippen molar-refractivity contribution in [3.05, 3.63) is 35.4 Å². The Hall–Kier alpha value is -1.55. The number of carbonyl (C=O) groups excluding carboxylic acids is 1. The van der Waals surface area contributed by atoms with Crippen molar-refractivity contribution in [3.8, 4) is 12.3 Å². The third-order valence-corrected chi connectivity index (χ3v) is 1.69. The maximum atomic E-state index is 11.2. The maximum absolute atomic E-state index is 11.2. The molecule has 0 aliphatic carbocycles. The molecule has 0 aliphatic heterocycles. The lowest BCUT2D eigenvalue weighted by Gasteiger charge is -1.96. The standard InChI is InChI=1S/C11H10O.C2H6/c1-3-9-5-7-10(8-6-9)11(12)4-2;1-2/h1,5-8H,4H2,2H3;1-2H3. The molecule has 1 aromatic rings. The van der Waals surface area contributed by atoms with E-state index in [4.69, 9.17) is 6.42 Å². The minimum atomic E-state index is 0.151. The Bertz CT molecular complexity index is 314.